The Morgan fingerprint density at radius 3 is 2.87 bits per heavy atom. The van der Waals surface area contributed by atoms with E-state index >= 15 is 0 Å². The first-order chi connectivity index (χ1) is 11.1. The number of nitrogens with one attached hydrogen (secondary N) is 1. The molecule has 1 atom stereocenters. The van der Waals surface area contributed by atoms with Crippen molar-refractivity contribution in [3.8, 4) is 12.3 Å². The molecular weight excluding hydrogens is 307 g/mol. The molecular formula is C19H21FN2S. The number of benzene rings is 1. The van der Waals surface area contributed by atoms with Gasteiger partial charge in [0.25, 0.3) is 0 Å². The molecule has 3 rings (SSSR count). The van der Waals surface area contributed by atoms with E-state index in [4.69, 9.17) is 11.4 Å². The standard InChI is InChI=1S/C19H21FN2S/c1-4-9-21-19-22-18(13(3)23-19)16(10-14-6-7-14)15-8-5-12(2)17(20)11-15/h1,5,8,11,14,16H,6-7,9-10H2,2-3H3,(H,21,22). The molecule has 0 radical (unpaired) electrons. The van der Waals surface area contributed by atoms with Gasteiger partial charge >= 0.3 is 0 Å². The lowest BCUT2D eigenvalue weighted by atomic mass is 9.89. The van der Waals surface area contributed by atoms with E-state index in [9.17, 15) is 4.39 Å². The first-order valence-electron chi connectivity index (χ1n) is 7.99. The lowest BCUT2D eigenvalue weighted by molar-refractivity contribution is 0.600. The van der Waals surface area contributed by atoms with Crippen molar-refractivity contribution in [3.63, 3.8) is 0 Å². The zero-order valence-electron chi connectivity index (χ0n) is 13.5. The first kappa shape index (κ1) is 16.0. The molecule has 1 aromatic carbocycles. The molecule has 2 aromatic rings. The van der Waals surface area contributed by atoms with Gasteiger partial charge in [-0.25, -0.2) is 9.37 Å². The summed E-state index contributed by atoms with van der Waals surface area (Å²) >= 11 is 1.62. The van der Waals surface area contributed by atoms with Crippen LogP contribution in [-0.4, -0.2) is 11.5 Å². The Morgan fingerprint density at radius 1 is 1.43 bits per heavy atom. The number of thiazole rings is 1. The summed E-state index contributed by atoms with van der Waals surface area (Å²) in [6, 6.07) is 5.58. The van der Waals surface area contributed by atoms with Gasteiger partial charge in [-0.05, 0) is 43.4 Å². The predicted octanol–water partition coefficient (Wildman–Crippen LogP) is 4.88. The molecule has 0 amide bonds. The van der Waals surface area contributed by atoms with Crippen LogP contribution in [0.5, 0.6) is 0 Å². The average molecular weight is 328 g/mol. The Labute approximate surface area is 141 Å². The van der Waals surface area contributed by atoms with Crippen molar-refractivity contribution in [2.45, 2.75) is 39.0 Å². The Balaban J connectivity index is 1.93. The molecule has 1 aliphatic carbocycles. The molecule has 1 N–H and O–H groups in total. The van der Waals surface area contributed by atoms with Gasteiger partial charge in [0.1, 0.15) is 5.82 Å². The van der Waals surface area contributed by atoms with E-state index < -0.39 is 0 Å². The van der Waals surface area contributed by atoms with Gasteiger partial charge in [-0.3, -0.25) is 0 Å². The minimum absolute atomic E-state index is 0.137. The summed E-state index contributed by atoms with van der Waals surface area (Å²) < 4.78 is 14.0. The van der Waals surface area contributed by atoms with Gasteiger partial charge in [-0.2, -0.15) is 0 Å². The van der Waals surface area contributed by atoms with Gasteiger partial charge in [0.15, 0.2) is 5.13 Å². The number of nitrogens with zero attached hydrogens (tertiary/aromatic N) is 1. The Hall–Kier alpha value is -1.86. The summed E-state index contributed by atoms with van der Waals surface area (Å²) in [5, 5.41) is 4.00. The molecule has 23 heavy (non-hydrogen) atoms. The van der Waals surface area contributed by atoms with Crippen LogP contribution in [0.2, 0.25) is 0 Å². The van der Waals surface area contributed by atoms with Gasteiger partial charge in [0.2, 0.25) is 0 Å². The van der Waals surface area contributed by atoms with E-state index in [1.165, 1.54) is 17.7 Å². The van der Waals surface area contributed by atoms with Crippen LogP contribution >= 0.6 is 11.3 Å². The minimum atomic E-state index is -0.137. The van der Waals surface area contributed by atoms with Crippen molar-refractivity contribution in [1.29, 1.82) is 0 Å². The maximum atomic E-state index is 14.0. The summed E-state index contributed by atoms with van der Waals surface area (Å²) in [4.78, 5) is 5.92. The molecule has 0 spiro atoms. The van der Waals surface area contributed by atoms with E-state index in [0.29, 0.717) is 12.1 Å². The van der Waals surface area contributed by atoms with Crippen LogP contribution in [0.3, 0.4) is 0 Å². The lowest BCUT2D eigenvalue weighted by Crippen LogP contribution is -2.06. The summed E-state index contributed by atoms with van der Waals surface area (Å²) in [7, 11) is 0. The second kappa shape index (κ2) is 6.72. The lowest BCUT2D eigenvalue weighted by Gasteiger charge is -2.17. The molecule has 1 unspecified atom stereocenters. The molecule has 1 heterocycles. The fraction of sp³-hybridized carbons (Fsp3) is 0.421. The molecule has 4 heteroatoms. The van der Waals surface area contributed by atoms with Gasteiger partial charge in [0, 0.05) is 10.8 Å². The molecule has 0 bridgehead atoms. The smallest absolute Gasteiger partial charge is 0.183 e. The molecule has 120 valence electrons. The molecule has 0 aliphatic heterocycles. The van der Waals surface area contributed by atoms with Crippen LogP contribution in [0.25, 0.3) is 0 Å². The van der Waals surface area contributed by atoms with Crippen molar-refractivity contribution in [3.05, 3.63) is 45.7 Å². The van der Waals surface area contributed by atoms with E-state index in [-0.39, 0.29) is 11.7 Å². The monoisotopic (exact) mass is 328 g/mol. The number of rotatable bonds is 6. The third kappa shape index (κ3) is 3.73. The molecule has 1 saturated carbocycles. The quantitative estimate of drug-likeness (QED) is 0.765. The summed E-state index contributed by atoms with van der Waals surface area (Å²) in [5.74, 6) is 3.34. The SMILES string of the molecule is C#CCNc1nc(C(CC2CC2)c2ccc(C)c(F)c2)c(C)s1. The maximum Gasteiger partial charge on any atom is 0.183 e. The molecule has 1 aromatic heterocycles. The van der Waals surface area contributed by atoms with Crippen molar-refractivity contribution < 1.29 is 4.39 Å². The normalized spacial score (nSPS) is 15.2. The largest absolute Gasteiger partial charge is 0.351 e. The van der Waals surface area contributed by atoms with Crippen LogP contribution in [0.1, 0.15) is 46.9 Å². The van der Waals surface area contributed by atoms with Crippen LogP contribution in [0, 0.1) is 37.9 Å². The molecule has 2 nitrogen and oxygen atoms in total. The second-order valence-electron chi connectivity index (χ2n) is 6.26. The van der Waals surface area contributed by atoms with Crippen LogP contribution in [-0.2, 0) is 0 Å². The highest BCUT2D eigenvalue weighted by Crippen LogP contribution is 2.43. The van der Waals surface area contributed by atoms with Gasteiger partial charge < -0.3 is 5.32 Å². The number of terminal acetylenes is 1. The highest BCUT2D eigenvalue weighted by Gasteiger charge is 2.30. The van der Waals surface area contributed by atoms with Gasteiger partial charge in [-0.15, -0.1) is 17.8 Å². The minimum Gasteiger partial charge on any atom is -0.351 e. The zero-order chi connectivity index (χ0) is 16.4. The molecule has 1 aliphatic rings. The Morgan fingerprint density at radius 2 is 2.22 bits per heavy atom. The van der Waals surface area contributed by atoms with E-state index in [1.54, 1.807) is 24.3 Å². The van der Waals surface area contributed by atoms with Crippen LogP contribution < -0.4 is 5.32 Å². The molecule has 1 fully saturated rings. The summed E-state index contributed by atoms with van der Waals surface area (Å²) in [6.45, 7) is 4.35. The van der Waals surface area contributed by atoms with Crippen molar-refractivity contribution in [1.82, 2.24) is 4.98 Å². The highest BCUT2D eigenvalue weighted by atomic mass is 32.1. The third-order valence-corrected chi connectivity index (χ3v) is 5.31. The number of aryl methyl sites for hydroxylation is 2. The van der Waals surface area contributed by atoms with E-state index in [2.05, 4.69) is 18.2 Å². The first-order valence-corrected chi connectivity index (χ1v) is 8.81. The van der Waals surface area contributed by atoms with Crippen LogP contribution in [0.4, 0.5) is 9.52 Å². The third-order valence-electron chi connectivity index (χ3n) is 4.37. The number of aromatic nitrogens is 1. The summed E-state index contributed by atoms with van der Waals surface area (Å²) in [5.41, 5.74) is 2.77. The van der Waals surface area contributed by atoms with E-state index in [1.807, 2.05) is 12.1 Å². The van der Waals surface area contributed by atoms with Crippen molar-refractivity contribution in [2.75, 3.05) is 11.9 Å². The van der Waals surface area contributed by atoms with E-state index in [0.717, 1.165) is 28.7 Å². The highest BCUT2D eigenvalue weighted by molar-refractivity contribution is 7.15. The average Bonchev–Trinajstić information content (AvgIpc) is 3.28. The second-order valence-corrected chi connectivity index (χ2v) is 7.46. The van der Waals surface area contributed by atoms with Gasteiger partial charge in [-0.1, -0.05) is 30.9 Å². The summed E-state index contributed by atoms with van der Waals surface area (Å²) in [6.07, 6.45) is 8.89. The topological polar surface area (TPSA) is 24.9 Å². The maximum absolute atomic E-state index is 14.0. The predicted molar refractivity (Wildman–Crippen MR) is 94.5 cm³/mol. The zero-order valence-corrected chi connectivity index (χ0v) is 14.3. The fourth-order valence-electron chi connectivity index (χ4n) is 2.85. The Bertz CT molecular complexity index is 740. The molecule has 0 saturated heterocycles. The van der Waals surface area contributed by atoms with Crippen molar-refractivity contribution in [2.24, 2.45) is 5.92 Å². The van der Waals surface area contributed by atoms with Crippen LogP contribution in [0.15, 0.2) is 18.2 Å². The number of hydrogen-bond donors (Lipinski definition) is 1. The van der Waals surface area contributed by atoms with Gasteiger partial charge in [0.05, 0.1) is 12.2 Å². The Kier molecular flexibility index (Phi) is 4.68. The number of halogens is 1. The van der Waals surface area contributed by atoms with Crippen molar-refractivity contribution >= 4 is 16.5 Å². The fourth-order valence-corrected chi connectivity index (χ4v) is 3.72. The number of anilines is 1. The number of hydrogen-bond acceptors (Lipinski definition) is 3.